The number of fused-ring (bicyclic) bond motifs is 8. The summed E-state index contributed by atoms with van der Waals surface area (Å²) in [5.74, 6) is -1.75. The topological polar surface area (TPSA) is 188 Å². The summed E-state index contributed by atoms with van der Waals surface area (Å²) in [7, 11) is 0. The van der Waals surface area contributed by atoms with Crippen LogP contribution in [0.4, 0.5) is 0 Å². The Morgan fingerprint density at radius 1 is 0.387 bits per heavy atom. The largest absolute Gasteiger partial charge is 0.493 e. The van der Waals surface area contributed by atoms with Crippen LogP contribution < -0.4 is 9.47 Å². The summed E-state index contributed by atoms with van der Waals surface area (Å²) >= 11 is 0. The minimum atomic E-state index is -1.05. The monoisotopic (exact) mass is 1000 g/mol. The number of hydrogen-bond acceptors (Lipinski definition) is 7. The molecule has 382 valence electrons. The zero-order chi connectivity index (χ0) is 52.3. The van der Waals surface area contributed by atoms with Gasteiger partial charge in [-0.1, -0.05) is 114 Å². The Balaban J connectivity index is 1.31. The van der Waals surface area contributed by atoms with Crippen molar-refractivity contribution in [1.29, 1.82) is 0 Å². The summed E-state index contributed by atoms with van der Waals surface area (Å²) in [6, 6.07) is 34.1. The summed E-state index contributed by atoms with van der Waals surface area (Å²) < 4.78 is 13.1. The molecule has 0 radical (unpaired) electrons. The summed E-state index contributed by atoms with van der Waals surface area (Å²) in [6.45, 7) is 5.56. The molecule has 0 saturated carbocycles. The van der Waals surface area contributed by atoms with E-state index < -0.39 is 17.9 Å². The quantitative estimate of drug-likeness (QED) is 0.0386. The number of benzene rings is 4. The van der Waals surface area contributed by atoms with Crippen LogP contribution in [0.2, 0.25) is 0 Å². The van der Waals surface area contributed by atoms with Crippen LogP contribution in [0.15, 0.2) is 115 Å². The molecule has 12 heteroatoms. The average Bonchev–Trinajstić information content (AvgIpc) is 4.28. The van der Waals surface area contributed by atoms with Crippen molar-refractivity contribution in [2.75, 3.05) is 13.2 Å². The zero-order valence-electron chi connectivity index (χ0n) is 42.5. The van der Waals surface area contributed by atoms with Crippen LogP contribution in [-0.2, 0) is 0 Å². The van der Waals surface area contributed by atoms with Crippen LogP contribution in [-0.4, -0.2) is 66.4 Å². The van der Waals surface area contributed by atoms with Gasteiger partial charge >= 0.3 is 17.9 Å². The maximum Gasteiger partial charge on any atom is 0.335 e. The van der Waals surface area contributed by atoms with E-state index in [2.05, 4.69) is 23.8 Å². The second-order valence-electron chi connectivity index (χ2n) is 19.1. The molecule has 3 aromatic heterocycles. The van der Waals surface area contributed by atoms with Crippen molar-refractivity contribution >= 4 is 64.3 Å². The van der Waals surface area contributed by atoms with Gasteiger partial charge in [0, 0.05) is 50.4 Å². The smallest absolute Gasteiger partial charge is 0.335 e. The van der Waals surface area contributed by atoms with Gasteiger partial charge in [0.15, 0.2) is 0 Å². The van der Waals surface area contributed by atoms with Gasteiger partial charge in [-0.3, -0.25) is 0 Å². The summed E-state index contributed by atoms with van der Waals surface area (Å²) in [4.78, 5) is 54.3. The second kappa shape index (κ2) is 24.0. The van der Waals surface area contributed by atoms with Gasteiger partial charge in [-0.25, -0.2) is 24.4 Å². The molecule has 0 unspecified atom stereocenters. The van der Waals surface area contributed by atoms with E-state index in [1.165, 1.54) is 51.4 Å². The van der Waals surface area contributed by atoms with Crippen molar-refractivity contribution in [1.82, 2.24) is 19.9 Å². The number of carboxylic acid groups (broad SMARTS) is 3. The standard InChI is InChI=1S/C63H62N4O8/c1-3-5-7-9-11-13-35-74-47-37-46(38-48(39-47)75-36-14-12-10-8-6-4-2)60-55-33-31-53(66-55)58(41-17-23-44(24-18-41)62(70)71)51-29-27-49(64-51)57(40-15-21-43(22-16-40)61(68)69)50-28-30-52(65-50)59(54-32-34-56(60)67-54)42-19-25-45(26-20-42)63(72)73/h15-34,37-39,64,67H,3-14,35-36H2,1-2H3,(H,68,69)(H,70,71)(H,72,73). The minimum Gasteiger partial charge on any atom is -0.493 e. The molecule has 5 heterocycles. The Kier molecular flexibility index (Phi) is 16.5. The maximum absolute atomic E-state index is 12.1. The normalized spacial score (nSPS) is 11.8. The first-order chi connectivity index (χ1) is 36.6. The SMILES string of the molecule is CCCCCCCCOc1cc(OCCCCCCCC)cc(-c2c3nc(c(-c4ccc(C(=O)O)cc4)c4ccc([nH]4)c(-c4ccc(C(=O)O)cc4)c4nc(c(-c5ccc(C(=O)O)cc5)c5ccc2[nH]5)C=C4)C=C3)c1. The molecule has 0 fully saturated rings. The summed E-state index contributed by atoms with van der Waals surface area (Å²) in [6.07, 6.45) is 21.4. The Bertz CT molecular complexity index is 3350. The average molecular weight is 1000 g/mol. The van der Waals surface area contributed by atoms with Crippen LogP contribution in [0.1, 0.15) is 145 Å². The molecule has 7 aromatic rings. The van der Waals surface area contributed by atoms with Crippen LogP contribution in [0.5, 0.6) is 11.5 Å². The molecule has 0 aliphatic carbocycles. The summed E-state index contributed by atoms with van der Waals surface area (Å²) in [5.41, 5.74) is 11.6. The number of carboxylic acids is 3. The molecular formula is C63H62N4O8. The van der Waals surface area contributed by atoms with Crippen molar-refractivity contribution in [3.63, 3.8) is 0 Å². The number of aromatic amines is 2. The van der Waals surface area contributed by atoms with Gasteiger partial charge in [-0.05, 0) is 132 Å². The molecule has 5 N–H and O–H groups in total. The van der Waals surface area contributed by atoms with Crippen molar-refractivity contribution < 1.29 is 39.2 Å². The van der Waals surface area contributed by atoms with Gasteiger partial charge in [-0.15, -0.1) is 0 Å². The van der Waals surface area contributed by atoms with Crippen molar-refractivity contribution in [2.24, 2.45) is 0 Å². The maximum atomic E-state index is 12.1. The van der Waals surface area contributed by atoms with Crippen molar-refractivity contribution in [3.8, 4) is 56.0 Å². The third-order valence-corrected chi connectivity index (χ3v) is 13.7. The highest BCUT2D eigenvalue weighted by atomic mass is 16.5. The third-order valence-electron chi connectivity index (χ3n) is 13.7. The number of aromatic nitrogens is 4. The number of carbonyl (C=O) groups is 3. The van der Waals surface area contributed by atoms with Gasteiger partial charge in [0.2, 0.25) is 0 Å². The van der Waals surface area contributed by atoms with E-state index in [9.17, 15) is 29.7 Å². The predicted molar refractivity (Wildman–Crippen MR) is 299 cm³/mol. The fraction of sp³-hybridized carbons (Fsp3) is 0.254. The number of nitrogens with one attached hydrogen (secondary N) is 2. The molecule has 0 saturated heterocycles. The lowest BCUT2D eigenvalue weighted by Crippen LogP contribution is -2.01. The lowest BCUT2D eigenvalue weighted by molar-refractivity contribution is 0.0686. The highest BCUT2D eigenvalue weighted by molar-refractivity contribution is 6.01. The number of ether oxygens (including phenoxy) is 2. The first-order valence-corrected chi connectivity index (χ1v) is 26.2. The third kappa shape index (κ3) is 12.1. The number of hydrogen-bond donors (Lipinski definition) is 5. The van der Waals surface area contributed by atoms with E-state index in [4.69, 9.17) is 19.4 Å². The Morgan fingerprint density at radius 2 is 0.680 bits per heavy atom. The number of aromatic carboxylic acids is 3. The summed E-state index contributed by atoms with van der Waals surface area (Å²) in [5, 5.41) is 29.6. The van der Waals surface area contributed by atoms with E-state index in [0.717, 1.165) is 64.6 Å². The van der Waals surface area contributed by atoms with E-state index in [-0.39, 0.29) is 16.7 Å². The number of unbranched alkanes of at least 4 members (excludes halogenated alkanes) is 10. The van der Waals surface area contributed by atoms with Crippen molar-refractivity contribution in [3.05, 3.63) is 155 Å². The first-order valence-electron chi connectivity index (χ1n) is 26.2. The predicted octanol–water partition coefficient (Wildman–Crippen LogP) is 15.9. The van der Waals surface area contributed by atoms with Crippen molar-refractivity contribution in [2.45, 2.75) is 90.9 Å². The fourth-order valence-corrected chi connectivity index (χ4v) is 9.79. The Labute approximate surface area is 436 Å². The Morgan fingerprint density at radius 3 is 0.987 bits per heavy atom. The van der Waals surface area contributed by atoms with Gasteiger partial charge in [0.25, 0.3) is 0 Å². The lowest BCUT2D eigenvalue weighted by atomic mass is 10.0. The molecule has 12 nitrogen and oxygen atoms in total. The minimum absolute atomic E-state index is 0.137. The van der Waals surface area contributed by atoms with E-state index in [0.29, 0.717) is 75.2 Å². The van der Waals surface area contributed by atoms with Gasteiger partial charge in [0.1, 0.15) is 11.5 Å². The van der Waals surface area contributed by atoms with Crippen LogP contribution in [0, 0.1) is 0 Å². The molecule has 0 amide bonds. The first kappa shape index (κ1) is 51.4. The molecule has 2 aliphatic rings. The lowest BCUT2D eigenvalue weighted by Gasteiger charge is -2.14. The highest BCUT2D eigenvalue weighted by Crippen LogP contribution is 2.40. The molecule has 75 heavy (non-hydrogen) atoms. The molecule has 0 atom stereocenters. The Hall–Kier alpha value is -8.51. The second-order valence-corrected chi connectivity index (χ2v) is 19.1. The van der Waals surface area contributed by atoms with E-state index in [1.54, 1.807) is 72.8 Å². The van der Waals surface area contributed by atoms with Crippen LogP contribution >= 0.6 is 0 Å². The van der Waals surface area contributed by atoms with Gasteiger partial charge in [-0.2, -0.15) is 0 Å². The highest BCUT2D eigenvalue weighted by Gasteiger charge is 2.21. The molecule has 2 aliphatic heterocycles. The molecular weight excluding hydrogens is 941 g/mol. The zero-order valence-corrected chi connectivity index (χ0v) is 42.5. The van der Waals surface area contributed by atoms with Crippen LogP contribution in [0.3, 0.4) is 0 Å². The molecule has 4 aromatic carbocycles. The molecule has 9 rings (SSSR count). The molecule has 0 spiro atoms. The van der Waals surface area contributed by atoms with Crippen LogP contribution in [0.25, 0.3) is 90.9 Å². The number of rotatable bonds is 23. The fourth-order valence-electron chi connectivity index (χ4n) is 9.79. The number of nitrogens with zero attached hydrogens (tertiary/aromatic N) is 2. The van der Waals surface area contributed by atoms with Gasteiger partial charge < -0.3 is 34.8 Å². The van der Waals surface area contributed by atoms with E-state index in [1.807, 2.05) is 66.8 Å². The van der Waals surface area contributed by atoms with Gasteiger partial charge in [0.05, 0.1) is 52.7 Å². The number of H-pyrrole nitrogens is 2. The molecule has 8 bridgehead atoms. The van der Waals surface area contributed by atoms with E-state index >= 15 is 0 Å².